The number of aromatic nitrogens is 3. The fourth-order valence-corrected chi connectivity index (χ4v) is 3.45. The second-order valence-electron chi connectivity index (χ2n) is 6.69. The van der Waals surface area contributed by atoms with Gasteiger partial charge in [-0.25, -0.2) is 4.98 Å². The Morgan fingerprint density at radius 1 is 1.13 bits per heavy atom. The predicted octanol–water partition coefficient (Wildman–Crippen LogP) is 4.78. The maximum absolute atomic E-state index is 11.1. The summed E-state index contributed by atoms with van der Waals surface area (Å²) in [5.74, 6) is 1.56. The van der Waals surface area contributed by atoms with Crippen LogP contribution in [0.5, 0.6) is 11.5 Å². The van der Waals surface area contributed by atoms with Crippen molar-refractivity contribution in [1.82, 2.24) is 14.5 Å². The fourth-order valence-electron chi connectivity index (χ4n) is 3.18. The normalized spacial score (nSPS) is 10.9. The van der Waals surface area contributed by atoms with Gasteiger partial charge in [-0.3, -0.25) is 9.78 Å². The van der Waals surface area contributed by atoms with Crippen LogP contribution in [0.2, 0.25) is 0 Å². The van der Waals surface area contributed by atoms with Gasteiger partial charge in [0.05, 0.1) is 23.1 Å². The summed E-state index contributed by atoms with van der Waals surface area (Å²) < 4.78 is 9.09. The van der Waals surface area contributed by atoms with Crippen molar-refractivity contribution in [3.63, 3.8) is 0 Å². The fraction of sp³-hybridized carbons (Fsp3) is 0.136. The highest BCUT2D eigenvalue weighted by molar-refractivity contribution is 9.10. The van der Waals surface area contributed by atoms with Crippen LogP contribution in [0, 0.1) is 0 Å². The predicted molar refractivity (Wildman–Crippen MR) is 120 cm³/mol. The highest BCUT2D eigenvalue weighted by Crippen LogP contribution is 2.29. The van der Waals surface area contributed by atoms with Gasteiger partial charge in [0.1, 0.15) is 11.5 Å². The van der Waals surface area contributed by atoms with Crippen molar-refractivity contribution in [2.24, 2.45) is 5.73 Å². The van der Waals surface area contributed by atoms with Gasteiger partial charge in [0, 0.05) is 35.0 Å². The van der Waals surface area contributed by atoms with E-state index < -0.39 is 5.91 Å². The molecule has 4 rings (SSSR count). The summed E-state index contributed by atoms with van der Waals surface area (Å²) in [6.45, 7) is 2.85. The molecule has 0 saturated carbocycles. The minimum absolute atomic E-state index is 0.0717. The van der Waals surface area contributed by atoms with Gasteiger partial charge in [-0.2, -0.15) is 0 Å². The molecular weight excluding hydrogens is 446 g/mol. The number of amides is 1. The maximum Gasteiger partial charge on any atom is 0.223 e. The second kappa shape index (κ2) is 8.54. The second-order valence-corrected chi connectivity index (χ2v) is 7.61. The molecule has 0 fully saturated rings. The number of hydrogen-bond donors (Lipinski definition) is 2. The Morgan fingerprint density at radius 3 is 2.63 bits per heavy atom. The molecule has 2 aromatic heterocycles. The van der Waals surface area contributed by atoms with E-state index in [0.29, 0.717) is 17.2 Å². The Bertz CT molecular complexity index is 1200. The minimum Gasteiger partial charge on any atom is -0.457 e. The van der Waals surface area contributed by atoms with Crippen molar-refractivity contribution in [2.45, 2.75) is 19.9 Å². The third-order valence-corrected chi connectivity index (χ3v) is 5.04. The van der Waals surface area contributed by atoms with Crippen molar-refractivity contribution in [3.8, 4) is 11.5 Å². The van der Waals surface area contributed by atoms with Crippen molar-refractivity contribution < 1.29 is 9.53 Å². The number of pyridine rings is 1. The van der Waals surface area contributed by atoms with Gasteiger partial charge >= 0.3 is 0 Å². The van der Waals surface area contributed by atoms with E-state index in [1.165, 1.54) is 0 Å². The topological polar surface area (TPSA) is 95.1 Å². The zero-order chi connectivity index (χ0) is 21.1. The standard InChI is InChI=1S/C22H20BrN5O2/c1-2-28-20-8-7-17(30-18-9-10-25-16(11-18)12-21(24)29)13-19(20)27-22(28)26-15-5-3-14(23)4-6-15/h3-11,13H,2,12H2,1H3,(H2,24,29)(H,26,27). The van der Waals surface area contributed by atoms with Crippen molar-refractivity contribution in [2.75, 3.05) is 5.32 Å². The molecule has 1 amide bonds. The van der Waals surface area contributed by atoms with Crippen molar-refractivity contribution >= 4 is 44.5 Å². The highest BCUT2D eigenvalue weighted by Gasteiger charge is 2.12. The summed E-state index contributed by atoms with van der Waals surface area (Å²) in [5.41, 5.74) is 8.59. The van der Waals surface area contributed by atoms with Gasteiger partial charge in [-0.05, 0) is 49.4 Å². The van der Waals surface area contributed by atoms with E-state index in [1.807, 2.05) is 42.5 Å². The van der Waals surface area contributed by atoms with Gasteiger partial charge in [0.15, 0.2) is 0 Å². The summed E-state index contributed by atoms with van der Waals surface area (Å²) in [4.78, 5) is 20.0. The molecule has 0 bridgehead atoms. The van der Waals surface area contributed by atoms with E-state index in [0.717, 1.165) is 33.7 Å². The smallest absolute Gasteiger partial charge is 0.223 e. The number of hydrogen-bond acceptors (Lipinski definition) is 5. The molecule has 0 spiro atoms. The molecule has 0 unspecified atom stereocenters. The third kappa shape index (κ3) is 4.44. The summed E-state index contributed by atoms with van der Waals surface area (Å²) in [6, 6.07) is 17.2. The van der Waals surface area contributed by atoms with E-state index in [2.05, 4.69) is 37.7 Å². The van der Waals surface area contributed by atoms with Crippen LogP contribution in [0.4, 0.5) is 11.6 Å². The Hall–Kier alpha value is -3.39. The molecule has 152 valence electrons. The first-order chi connectivity index (χ1) is 14.5. The zero-order valence-corrected chi connectivity index (χ0v) is 17.9. The van der Waals surface area contributed by atoms with Crippen molar-refractivity contribution in [3.05, 3.63) is 71.0 Å². The number of carbonyl (C=O) groups excluding carboxylic acids is 1. The molecule has 0 aliphatic heterocycles. The number of anilines is 2. The lowest BCUT2D eigenvalue weighted by Gasteiger charge is -2.09. The number of primary amides is 1. The van der Waals surface area contributed by atoms with Crippen LogP contribution in [0.25, 0.3) is 11.0 Å². The van der Waals surface area contributed by atoms with Gasteiger partial charge in [-0.1, -0.05) is 15.9 Å². The van der Waals surface area contributed by atoms with Crippen molar-refractivity contribution in [1.29, 1.82) is 0 Å². The van der Waals surface area contributed by atoms with Crippen LogP contribution in [-0.2, 0) is 17.8 Å². The van der Waals surface area contributed by atoms with Crippen LogP contribution < -0.4 is 15.8 Å². The first-order valence-electron chi connectivity index (χ1n) is 9.46. The first-order valence-corrected chi connectivity index (χ1v) is 10.2. The van der Waals surface area contributed by atoms with Crippen LogP contribution in [0.15, 0.2) is 65.3 Å². The average Bonchev–Trinajstić information content (AvgIpc) is 3.05. The lowest BCUT2D eigenvalue weighted by atomic mass is 10.2. The molecule has 4 aromatic rings. The number of fused-ring (bicyclic) bond motifs is 1. The molecule has 0 saturated heterocycles. The average molecular weight is 466 g/mol. The number of imidazole rings is 1. The summed E-state index contributed by atoms with van der Waals surface area (Å²) in [6.07, 6.45) is 1.67. The molecule has 30 heavy (non-hydrogen) atoms. The monoisotopic (exact) mass is 465 g/mol. The summed E-state index contributed by atoms with van der Waals surface area (Å²) in [7, 11) is 0. The quantitative estimate of drug-likeness (QED) is 0.409. The number of aryl methyl sites for hydroxylation is 1. The summed E-state index contributed by atoms with van der Waals surface area (Å²) >= 11 is 3.45. The Balaban J connectivity index is 1.61. The number of ether oxygens (including phenoxy) is 1. The summed E-state index contributed by atoms with van der Waals surface area (Å²) in [5, 5.41) is 3.37. The number of carbonyl (C=O) groups is 1. The van der Waals surface area contributed by atoms with E-state index in [4.69, 9.17) is 15.5 Å². The van der Waals surface area contributed by atoms with Crippen LogP contribution in [0.3, 0.4) is 0 Å². The molecular formula is C22H20BrN5O2. The van der Waals surface area contributed by atoms with Crippen LogP contribution in [-0.4, -0.2) is 20.4 Å². The lowest BCUT2D eigenvalue weighted by molar-refractivity contribution is -0.117. The molecule has 0 atom stereocenters. The van der Waals surface area contributed by atoms with Gasteiger partial charge in [0.2, 0.25) is 11.9 Å². The van der Waals surface area contributed by atoms with E-state index in [9.17, 15) is 4.79 Å². The molecule has 0 aliphatic carbocycles. The molecule has 0 radical (unpaired) electrons. The number of nitrogens with two attached hydrogens (primary N) is 1. The van der Waals surface area contributed by atoms with Gasteiger partial charge < -0.3 is 20.4 Å². The van der Waals surface area contributed by atoms with Crippen LogP contribution in [0.1, 0.15) is 12.6 Å². The maximum atomic E-state index is 11.1. The minimum atomic E-state index is -0.433. The Morgan fingerprint density at radius 2 is 1.90 bits per heavy atom. The third-order valence-electron chi connectivity index (χ3n) is 4.52. The SMILES string of the molecule is CCn1c(Nc2ccc(Br)cc2)nc2cc(Oc3ccnc(CC(N)=O)c3)ccc21. The van der Waals surface area contributed by atoms with Gasteiger partial charge in [-0.15, -0.1) is 0 Å². The number of nitrogens with zero attached hydrogens (tertiary/aromatic N) is 3. The van der Waals surface area contributed by atoms with Gasteiger partial charge in [0.25, 0.3) is 0 Å². The van der Waals surface area contributed by atoms with E-state index in [1.54, 1.807) is 18.3 Å². The van der Waals surface area contributed by atoms with E-state index in [-0.39, 0.29) is 6.42 Å². The molecule has 2 heterocycles. The Labute approximate surface area is 182 Å². The largest absolute Gasteiger partial charge is 0.457 e. The van der Waals surface area contributed by atoms with E-state index >= 15 is 0 Å². The number of rotatable bonds is 7. The molecule has 3 N–H and O–H groups in total. The highest BCUT2D eigenvalue weighted by atomic mass is 79.9. The van der Waals surface area contributed by atoms with Crippen LogP contribution >= 0.6 is 15.9 Å². The number of benzene rings is 2. The lowest BCUT2D eigenvalue weighted by Crippen LogP contribution is -2.14. The number of halogens is 1. The molecule has 0 aliphatic rings. The molecule has 2 aromatic carbocycles. The number of nitrogens with one attached hydrogen (secondary N) is 1. The Kier molecular flexibility index (Phi) is 5.67. The molecule has 7 nitrogen and oxygen atoms in total. The zero-order valence-electron chi connectivity index (χ0n) is 16.3. The molecule has 8 heteroatoms. The first kappa shape index (κ1) is 19.9.